The van der Waals surface area contributed by atoms with Gasteiger partial charge in [-0.3, -0.25) is 43.5 Å². The van der Waals surface area contributed by atoms with Gasteiger partial charge in [-0.25, -0.2) is 14.4 Å². The standard InChI is InChI=1S/C25H20F3N3O3.2C23H17F3N4O3/c1-3-20(32)18-11-14(13-29)7-8-17(18)23-22-19(9-10-21(22)33)31(24(34)30(23)2)16-6-4-5-15(12-16)25(26,27)28;2*1-29-20(15-6-5-12(11-27)9-16(15)21(28)32)19-17(7-8-18(19)31)30(22(29)33)14-4-2-3-13(10-14)23(24,25)26/h4-8,11-12,23H,3,9-10H2,1-2H3;2*2-6,9-10,20H,7-8H2,1H3,(H2,28,32)/t23-;20-;/m11./s1. The molecule has 0 spiro atoms. The van der Waals surface area contributed by atoms with Crippen LogP contribution in [0.1, 0.15) is 151 Å². The molecule has 4 N–H and O–H groups in total. The van der Waals surface area contributed by atoms with E-state index in [1.165, 1.54) is 121 Å². The first-order valence-electron chi connectivity index (χ1n) is 30.4. The van der Waals surface area contributed by atoms with Crippen LogP contribution in [-0.2, 0) is 32.9 Å². The fraction of sp³-hybridized carbons (Fsp3) is 0.239. The number of hydrogen-bond donors (Lipinski definition) is 2. The Morgan fingerprint density at radius 1 is 0.420 bits per heavy atom. The zero-order valence-corrected chi connectivity index (χ0v) is 53.1. The maximum Gasteiger partial charge on any atom is 0.416 e. The Bertz CT molecular complexity index is 4590. The van der Waals surface area contributed by atoms with E-state index in [1.807, 2.05) is 18.2 Å². The number of likely N-dealkylation sites (N-methyl/N-ethyl adjacent to an activating group) is 3. The molecule has 12 rings (SSSR count). The number of carbonyl (C=O) groups is 9. The van der Waals surface area contributed by atoms with Crippen LogP contribution in [0.5, 0.6) is 0 Å². The predicted octanol–water partition coefficient (Wildman–Crippen LogP) is 13.2. The van der Waals surface area contributed by atoms with Crippen LogP contribution < -0.4 is 26.2 Å². The van der Waals surface area contributed by atoms with Gasteiger partial charge in [-0.1, -0.05) is 43.3 Å². The van der Waals surface area contributed by atoms with Crippen molar-refractivity contribution in [3.05, 3.63) is 228 Å². The highest BCUT2D eigenvalue weighted by Gasteiger charge is 2.50. The van der Waals surface area contributed by atoms with Gasteiger partial charge in [-0.05, 0) is 127 Å². The van der Waals surface area contributed by atoms with E-state index < -0.39 is 83.3 Å². The highest BCUT2D eigenvalue weighted by molar-refractivity contribution is 6.12. The molecule has 1 unspecified atom stereocenters. The van der Waals surface area contributed by atoms with Crippen LogP contribution in [0.4, 0.5) is 71.0 Å². The van der Waals surface area contributed by atoms with Crippen LogP contribution in [0.25, 0.3) is 0 Å². The van der Waals surface area contributed by atoms with Crippen LogP contribution in [-0.4, -0.2) is 88.9 Å². The van der Waals surface area contributed by atoms with E-state index in [-0.39, 0.29) is 158 Å². The number of anilines is 3. The highest BCUT2D eigenvalue weighted by atomic mass is 19.4. The summed E-state index contributed by atoms with van der Waals surface area (Å²) in [7, 11) is 4.24. The van der Waals surface area contributed by atoms with E-state index in [1.54, 1.807) is 13.0 Å². The molecular formula is C71H54F9N11O9. The summed E-state index contributed by atoms with van der Waals surface area (Å²) >= 11 is 0. The number of urea groups is 3. The summed E-state index contributed by atoms with van der Waals surface area (Å²) in [5.74, 6) is -2.74. The van der Waals surface area contributed by atoms with Crippen molar-refractivity contribution in [1.82, 2.24) is 14.7 Å². The van der Waals surface area contributed by atoms with Crippen molar-refractivity contribution in [2.24, 2.45) is 11.5 Å². The van der Waals surface area contributed by atoms with Gasteiger partial charge in [-0.2, -0.15) is 55.3 Å². The average Bonchev–Trinajstić information content (AvgIpc) is 1.46. The predicted molar refractivity (Wildman–Crippen MR) is 338 cm³/mol. The normalized spacial score (nSPS) is 18.4. The van der Waals surface area contributed by atoms with E-state index in [0.29, 0.717) is 11.3 Å². The highest BCUT2D eigenvalue weighted by Crippen LogP contribution is 2.50. The van der Waals surface area contributed by atoms with Gasteiger partial charge >= 0.3 is 36.6 Å². The third-order valence-electron chi connectivity index (χ3n) is 17.7. The number of alkyl halides is 9. The Morgan fingerprint density at radius 2 is 0.690 bits per heavy atom. The molecule has 100 heavy (non-hydrogen) atoms. The Balaban J connectivity index is 0.000000162. The minimum Gasteiger partial charge on any atom is -0.366 e. The first kappa shape index (κ1) is 70.6. The number of hydrogen-bond acceptors (Lipinski definition) is 12. The summed E-state index contributed by atoms with van der Waals surface area (Å²) in [5.41, 5.74) is 11.6. The van der Waals surface area contributed by atoms with E-state index in [9.17, 15) is 87.9 Å². The smallest absolute Gasteiger partial charge is 0.366 e. The lowest BCUT2D eigenvalue weighted by Gasteiger charge is -2.41. The zero-order chi connectivity index (χ0) is 72.9. The molecule has 0 aromatic heterocycles. The molecule has 510 valence electrons. The van der Waals surface area contributed by atoms with E-state index in [0.717, 1.165) is 51.1 Å². The number of ketones is 4. The van der Waals surface area contributed by atoms with Gasteiger partial charge in [-0.15, -0.1) is 0 Å². The fourth-order valence-electron chi connectivity index (χ4n) is 13.2. The molecule has 6 aliphatic rings. The van der Waals surface area contributed by atoms with Gasteiger partial charge in [0.25, 0.3) is 0 Å². The van der Waals surface area contributed by atoms with Crippen molar-refractivity contribution in [2.45, 2.75) is 88.5 Å². The number of benzene rings is 6. The summed E-state index contributed by atoms with van der Waals surface area (Å²) in [6.07, 6.45) is -12.9. The first-order chi connectivity index (χ1) is 47.2. The quantitative estimate of drug-likeness (QED) is 0.0956. The number of nitrogens with two attached hydrogens (primary N) is 2. The van der Waals surface area contributed by atoms with Crippen molar-refractivity contribution in [2.75, 3.05) is 35.8 Å². The van der Waals surface area contributed by atoms with E-state index >= 15 is 0 Å². The lowest BCUT2D eigenvalue weighted by atomic mass is 9.87. The number of amides is 8. The van der Waals surface area contributed by atoms with Crippen LogP contribution >= 0.6 is 0 Å². The lowest BCUT2D eigenvalue weighted by Crippen LogP contribution is -2.48. The second-order valence-corrected chi connectivity index (χ2v) is 23.6. The fourth-order valence-corrected chi connectivity index (χ4v) is 13.2. The van der Waals surface area contributed by atoms with Gasteiger partial charge < -0.3 is 26.2 Å². The molecule has 3 aliphatic carbocycles. The zero-order valence-electron chi connectivity index (χ0n) is 53.1. The van der Waals surface area contributed by atoms with Crippen molar-refractivity contribution in [3.8, 4) is 18.2 Å². The van der Waals surface area contributed by atoms with Crippen LogP contribution in [0.15, 0.2) is 161 Å². The molecule has 3 heterocycles. The number of allylic oxidation sites excluding steroid dienone is 3. The molecule has 0 fully saturated rings. The second kappa shape index (κ2) is 27.0. The summed E-state index contributed by atoms with van der Waals surface area (Å²) in [5, 5.41) is 27.6. The molecule has 0 saturated heterocycles. The SMILES string of the molecule is CCC(=O)c1cc(C#N)ccc1[C@@H]1C2=C(CCC2=O)N(c2cccc(C(F)(F)F)c2)C(=O)N1C.CN1C(=O)N(c2cccc(C(F)(F)F)c2)C2=C(C(=O)CC2)C1c1ccc(C#N)cc1C(N)=O.CN1C(=O)N(c2cccc(C(F)(F)F)c2)C2=C(C(=O)CC2)[C@H]1c1ccc(C#N)cc1C(N)=O. The summed E-state index contributed by atoms with van der Waals surface area (Å²) in [6.45, 7) is 1.67. The van der Waals surface area contributed by atoms with Gasteiger partial charge in [0.15, 0.2) is 23.1 Å². The Morgan fingerprint density at radius 3 is 0.940 bits per heavy atom. The number of nitriles is 3. The van der Waals surface area contributed by atoms with Crippen molar-refractivity contribution < 1.29 is 82.7 Å². The molecule has 3 aliphatic heterocycles. The maximum absolute atomic E-state index is 13.5. The molecule has 8 amide bonds. The minimum atomic E-state index is -4.61. The number of halogens is 9. The molecule has 0 radical (unpaired) electrons. The third-order valence-corrected chi connectivity index (χ3v) is 17.7. The molecule has 6 aromatic carbocycles. The van der Waals surface area contributed by atoms with Gasteiger partial charge in [0.1, 0.15) is 0 Å². The minimum absolute atomic E-state index is 0.0111. The Labute approximate surface area is 563 Å². The second-order valence-electron chi connectivity index (χ2n) is 23.6. The summed E-state index contributed by atoms with van der Waals surface area (Å²) < 4.78 is 119. The van der Waals surface area contributed by atoms with Crippen molar-refractivity contribution in [3.63, 3.8) is 0 Å². The number of primary amides is 2. The van der Waals surface area contributed by atoms with E-state index in [2.05, 4.69) is 0 Å². The average molecular weight is 1380 g/mol. The first-order valence-corrected chi connectivity index (χ1v) is 30.4. The number of carbonyl (C=O) groups excluding carboxylic acids is 9. The van der Waals surface area contributed by atoms with Crippen LogP contribution in [0.3, 0.4) is 0 Å². The molecule has 20 nitrogen and oxygen atoms in total. The lowest BCUT2D eigenvalue weighted by molar-refractivity contribution is -0.138. The van der Waals surface area contributed by atoms with E-state index in [4.69, 9.17) is 22.0 Å². The molecule has 0 saturated carbocycles. The largest absolute Gasteiger partial charge is 0.416 e. The van der Waals surface area contributed by atoms with Gasteiger partial charge in [0, 0.05) is 97.3 Å². The maximum atomic E-state index is 13.5. The van der Waals surface area contributed by atoms with Crippen LogP contribution in [0, 0.1) is 34.0 Å². The third kappa shape index (κ3) is 13.0. The topological polar surface area (TPSA) is 296 Å². The van der Waals surface area contributed by atoms with Crippen molar-refractivity contribution in [1.29, 1.82) is 15.8 Å². The molecular weight excluding hydrogens is 1320 g/mol. The number of nitrogens with zero attached hydrogens (tertiary/aromatic N) is 9. The summed E-state index contributed by atoms with van der Waals surface area (Å²) in [4.78, 5) is 123. The molecule has 0 bridgehead atoms. The van der Waals surface area contributed by atoms with Crippen molar-refractivity contribution >= 4 is 70.1 Å². The summed E-state index contributed by atoms with van der Waals surface area (Å²) in [6, 6.07) is 27.0. The van der Waals surface area contributed by atoms with Gasteiger partial charge in [0.2, 0.25) is 11.8 Å². The van der Waals surface area contributed by atoms with Crippen LogP contribution in [0.2, 0.25) is 0 Å². The Kier molecular flexibility index (Phi) is 19.1. The Hall–Kier alpha value is -12.2. The number of rotatable bonds is 10. The monoisotopic (exact) mass is 1380 g/mol. The number of Topliss-reactive ketones (excluding diaryl/α,β-unsaturated/α-hetero) is 4. The molecule has 29 heteroatoms. The van der Waals surface area contributed by atoms with Gasteiger partial charge in [0.05, 0.1) is 86.8 Å². The molecule has 6 aromatic rings. The molecule has 3 atom stereocenters.